The summed E-state index contributed by atoms with van der Waals surface area (Å²) in [7, 11) is 0. The molecule has 1 aliphatic heterocycles. The molecule has 0 atom stereocenters. The van der Waals surface area contributed by atoms with E-state index in [0.29, 0.717) is 5.02 Å². The molecular formula is C18H19ClN2. The van der Waals surface area contributed by atoms with Crippen LogP contribution in [0.4, 0.5) is 11.4 Å². The highest BCUT2D eigenvalue weighted by molar-refractivity contribution is 6.30. The standard InChI is InChI=1S/C18H19ClN2/c19-16-5-4-6-17(13-16)20-14-15-7-9-18(10-8-15)21-11-2-1-3-12-21/h4-10,13-14H,1-3,11-12H2. The molecule has 0 amide bonds. The topological polar surface area (TPSA) is 15.6 Å². The Morgan fingerprint density at radius 2 is 1.71 bits per heavy atom. The predicted molar refractivity (Wildman–Crippen MR) is 91.2 cm³/mol. The maximum atomic E-state index is 5.95. The van der Waals surface area contributed by atoms with Gasteiger partial charge in [0.05, 0.1) is 5.69 Å². The monoisotopic (exact) mass is 298 g/mol. The van der Waals surface area contributed by atoms with E-state index in [4.69, 9.17) is 11.6 Å². The van der Waals surface area contributed by atoms with Crippen LogP contribution in [0.3, 0.4) is 0 Å². The first-order valence-corrected chi connectivity index (χ1v) is 7.84. The number of hydrogen-bond donors (Lipinski definition) is 0. The average Bonchev–Trinajstić information content (AvgIpc) is 2.54. The maximum absolute atomic E-state index is 5.95. The van der Waals surface area contributed by atoms with Crippen molar-refractivity contribution in [2.45, 2.75) is 19.3 Å². The molecular weight excluding hydrogens is 280 g/mol. The number of nitrogens with zero attached hydrogens (tertiary/aromatic N) is 2. The number of hydrogen-bond acceptors (Lipinski definition) is 2. The van der Waals surface area contributed by atoms with Gasteiger partial charge in [-0.05, 0) is 55.2 Å². The van der Waals surface area contributed by atoms with Gasteiger partial charge < -0.3 is 4.90 Å². The molecule has 0 N–H and O–H groups in total. The van der Waals surface area contributed by atoms with E-state index in [1.165, 1.54) is 38.0 Å². The lowest BCUT2D eigenvalue weighted by molar-refractivity contribution is 0.578. The summed E-state index contributed by atoms with van der Waals surface area (Å²) in [4.78, 5) is 6.92. The van der Waals surface area contributed by atoms with Crippen molar-refractivity contribution in [3.8, 4) is 0 Å². The van der Waals surface area contributed by atoms with Crippen molar-refractivity contribution in [3.63, 3.8) is 0 Å². The summed E-state index contributed by atoms with van der Waals surface area (Å²) in [5.74, 6) is 0. The Morgan fingerprint density at radius 1 is 0.952 bits per heavy atom. The molecule has 0 unspecified atom stereocenters. The van der Waals surface area contributed by atoms with Crippen LogP contribution in [0.2, 0.25) is 5.02 Å². The SMILES string of the molecule is Clc1cccc(N=Cc2ccc(N3CCCCC3)cc2)c1. The van der Waals surface area contributed by atoms with Crippen molar-refractivity contribution in [1.29, 1.82) is 0 Å². The van der Waals surface area contributed by atoms with Crippen LogP contribution in [0.25, 0.3) is 0 Å². The number of piperidine rings is 1. The largest absolute Gasteiger partial charge is 0.372 e. The number of aliphatic imine (C=N–C) groups is 1. The highest BCUT2D eigenvalue weighted by Crippen LogP contribution is 2.21. The molecule has 21 heavy (non-hydrogen) atoms. The second-order valence-electron chi connectivity index (χ2n) is 5.38. The van der Waals surface area contributed by atoms with Crippen molar-refractivity contribution >= 4 is 29.2 Å². The molecule has 0 saturated carbocycles. The fraction of sp³-hybridized carbons (Fsp3) is 0.278. The fourth-order valence-electron chi connectivity index (χ4n) is 2.63. The molecule has 0 radical (unpaired) electrons. The normalized spacial score (nSPS) is 15.6. The van der Waals surface area contributed by atoms with Gasteiger partial charge in [0, 0.05) is 30.0 Å². The third-order valence-electron chi connectivity index (χ3n) is 3.79. The molecule has 0 aliphatic carbocycles. The summed E-state index contributed by atoms with van der Waals surface area (Å²) in [5.41, 5.74) is 3.30. The second-order valence-corrected chi connectivity index (χ2v) is 5.81. The predicted octanol–water partition coefficient (Wildman–Crippen LogP) is 5.08. The fourth-order valence-corrected chi connectivity index (χ4v) is 2.81. The Morgan fingerprint density at radius 3 is 2.43 bits per heavy atom. The molecule has 3 heteroatoms. The molecule has 0 aromatic heterocycles. The summed E-state index contributed by atoms with van der Waals surface area (Å²) in [6.45, 7) is 2.35. The third-order valence-corrected chi connectivity index (χ3v) is 4.02. The van der Waals surface area contributed by atoms with Crippen molar-refractivity contribution in [2.24, 2.45) is 4.99 Å². The van der Waals surface area contributed by atoms with E-state index in [2.05, 4.69) is 34.2 Å². The van der Waals surface area contributed by atoms with E-state index >= 15 is 0 Å². The second kappa shape index (κ2) is 6.77. The number of anilines is 1. The van der Waals surface area contributed by atoms with Crippen LogP contribution >= 0.6 is 11.6 Å². The highest BCUT2D eigenvalue weighted by Gasteiger charge is 2.10. The van der Waals surface area contributed by atoms with Gasteiger partial charge in [-0.15, -0.1) is 0 Å². The lowest BCUT2D eigenvalue weighted by Gasteiger charge is -2.28. The Bertz CT molecular complexity index is 613. The molecule has 2 aromatic rings. The van der Waals surface area contributed by atoms with E-state index < -0.39 is 0 Å². The lowest BCUT2D eigenvalue weighted by Crippen LogP contribution is -2.29. The summed E-state index contributed by atoms with van der Waals surface area (Å²) in [6, 6.07) is 16.2. The quantitative estimate of drug-likeness (QED) is 0.721. The molecule has 0 spiro atoms. The van der Waals surface area contributed by atoms with Crippen molar-refractivity contribution < 1.29 is 0 Å². The van der Waals surface area contributed by atoms with Crippen molar-refractivity contribution in [2.75, 3.05) is 18.0 Å². The van der Waals surface area contributed by atoms with Gasteiger partial charge in [0.1, 0.15) is 0 Å². The smallest absolute Gasteiger partial charge is 0.0644 e. The minimum atomic E-state index is 0.713. The zero-order chi connectivity index (χ0) is 14.5. The molecule has 3 rings (SSSR count). The zero-order valence-electron chi connectivity index (χ0n) is 12.0. The Hall–Kier alpha value is -1.80. The molecule has 1 fully saturated rings. The molecule has 1 saturated heterocycles. The zero-order valence-corrected chi connectivity index (χ0v) is 12.8. The minimum absolute atomic E-state index is 0.713. The number of benzene rings is 2. The minimum Gasteiger partial charge on any atom is -0.372 e. The van der Waals surface area contributed by atoms with Gasteiger partial charge in [0.25, 0.3) is 0 Å². The Labute approximate surface area is 131 Å². The lowest BCUT2D eigenvalue weighted by atomic mass is 10.1. The Kier molecular flexibility index (Phi) is 4.56. The van der Waals surface area contributed by atoms with Gasteiger partial charge >= 0.3 is 0 Å². The highest BCUT2D eigenvalue weighted by atomic mass is 35.5. The molecule has 108 valence electrons. The van der Waals surface area contributed by atoms with E-state index in [1.54, 1.807) is 0 Å². The van der Waals surface area contributed by atoms with Gasteiger partial charge in [-0.25, -0.2) is 0 Å². The molecule has 0 bridgehead atoms. The summed E-state index contributed by atoms with van der Waals surface area (Å²) < 4.78 is 0. The summed E-state index contributed by atoms with van der Waals surface area (Å²) in [6.07, 6.45) is 5.85. The molecule has 2 aromatic carbocycles. The number of halogens is 1. The molecule has 1 heterocycles. The van der Waals surface area contributed by atoms with Gasteiger partial charge in [-0.1, -0.05) is 29.8 Å². The molecule has 2 nitrogen and oxygen atoms in total. The first-order chi connectivity index (χ1) is 10.3. The van der Waals surface area contributed by atoms with Gasteiger partial charge in [-0.3, -0.25) is 4.99 Å². The number of rotatable bonds is 3. The van der Waals surface area contributed by atoms with Crippen LogP contribution in [0.15, 0.2) is 53.5 Å². The van der Waals surface area contributed by atoms with Gasteiger partial charge in [0.2, 0.25) is 0 Å². The summed E-state index contributed by atoms with van der Waals surface area (Å²) >= 11 is 5.95. The van der Waals surface area contributed by atoms with E-state index in [-0.39, 0.29) is 0 Å². The Balaban J connectivity index is 1.69. The molecule has 1 aliphatic rings. The van der Waals surface area contributed by atoms with Crippen LogP contribution < -0.4 is 4.90 Å². The first kappa shape index (κ1) is 14.2. The van der Waals surface area contributed by atoms with Crippen LogP contribution in [-0.4, -0.2) is 19.3 Å². The maximum Gasteiger partial charge on any atom is 0.0644 e. The van der Waals surface area contributed by atoms with Crippen molar-refractivity contribution in [1.82, 2.24) is 0 Å². The summed E-state index contributed by atoms with van der Waals surface area (Å²) in [5, 5.41) is 0.713. The average molecular weight is 299 g/mol. The van der Waals surface area contributed by atoms with Crippen LogP contribution in [0, 0.1) is 0 Å². The van der Waals surface area contributed by atoms with Gasteiger partial charge in [-0.2, -0.15) is 0 Å². The van der Waals surface area contributed by atoms with Gasteiger partial charge in [0.15, 0.2) is 0 Å². The van der Waals surface area contributed by atoms with Crippen LogP contribution in [0.5, 0.6) is 0 Å². The van der Waals surface area contributed by atoms with Crippen LogP contribution in [0.1, 0.15) is 24.8 Å². The van der Waals surface area contributed by atoms with Crippen molar-refractivity contribution in [3.05, 3.63) is 59.1 Å². The first-order valence-electron chi connectivity index (χ1n) is 7.46. The third kappa shape index (κ3) is 3.85. The van der Waals surface area contributed by atoms with E-state index in [9.17, 15) is 0 Å². The van der Waals surface area contributed by atoms with E-state index in [1.807, 2.05) is 30.5 Å². The van der Waals surface area contributed by atoms with Crippen LogP contribution in [-0.2, 0) is 0 Å². The van der Waals surface area contributed by atoms with E-state index in [0.717, 1.165) is 11.3 Å².